The second-order valence-electron chi connectivity index (χ2n) is 5.95. The first-order chi connectivity index (χ1) is 14.0. The molecule has 0 spiro atoms. The number of hydrogen-bond donors (Lipinski definition) is 2. The number of amides is 2. The summed E-state index contributed by atoms with van der Waals surface area (Å²) in [5.41, 5.74) is 1.07. The van der Waals surface area contributed by atoms with E-state index in [4.69, 9.17) is 9.26 Å². The van der Waals surface area contributed by atoms with Crippen molar-refractivity contribution in [1.29, 1.82) is 0 Å². The summed E-state index contributed by atoms with van der Waals surface area (Å²) in [5, 5.41) is 9.00. The average molecular weight is 395 g/mol. The Morgan fingerprint density at radius 3 is 2.52 bits per heavy atom. The molecule has 3 rings (SSSR count). The van der Waals surface area contributed by atoms with Crippen LogP contribution in [0.25, 0.3) is 0 Å². The van der Waals surface area contributed by atoms with Crippen LogP contribution >= 0.6 is 0 Å². The van der Waals surface area contributed by atoms with Crippen LogP contribution in [-0.4, -0.2) is 23.5 Å². The van der Waals surface area contributed by atoms with E-state index in [0.29, 0.717) is 29.3 Å². The van der Waals surface area contributed by atoms with Gasteiger partial charge in [-0.25, -0.2) is 4.39 Å². The van der Waals surface area contributed by atoms with Crippen molar-refractivity contribution < 1.29 is 23.2 Å². The van der Waals surface area contributed by atoms with Gasteiger partial charge in [-0.05, 0) is 48.5 Å². The van der Waals surface area contributed by atoms with Crippen LogP contribution < -0.4 is 15.4 Å². The van der Waals surface area contributed by atoms with Crippen LogP contribution in [0.15, 0.2) is 71.8 Å². The van der Waals surface area contributed by atoms with Gasteiger partial charge >= 0.3 is 0 Å². The third kappa shape index (κ3) is 5.52. The Balaban J connectivity index is 1.52. The van der Waals surface area contributed by atoms with E-state index < -0.39 is 5.82 Å². The van der Waals surface area contributed by atoms with Crippen molar-refractivity contribution >= 4 is 17.5 Å². The maximum absolute atomic E-state index is 12.9. The standard InChI is InChI=1S/C21H18FN3O4/c1-2-11-23-21(27)19-12-18(29-25-19)13-28-17-9-7-16(8-10-17)24-20(26)14-3-5-15(22)6-4-14/h2-10,12H,1,11,13H2,(H,23,27)(H,24,26). The minimum absolute atomic E-state index is 0.0863. The van der Waals surface area contributed by atoms with Crippen LogP contribution in [0.5, 0.6) is 5.75 Å². The Kier molecular flexibility index (Phi) is 6.36. The summed E-state index contributed by atoms with van der Waals surface area (Å²) in [5.74, 6) is -0.177. The Hall–Kier alpha value is -3.94. The lowest BCUT2D eigenvalue weighted by atomic mass is 10.2. The molecule has 148 valence electrons. The summed E-state index contributed by atoms with van der Waals surface area (Å²) < 4.78 is 23.6. The van der Waals surface area contributed by atoms with Gasteiger partial charge in [0, 0.05) is 23.9 Å². The fourth-order valence-electron chi connectivity index (χ4n) is 2.34. The lowest BCUT2D eigenvalue weighted by molar-refractivity contribution is 0.0947. The van der Waals surface area contributed by atoms with E-state index in [-0.39, 0.29) is 24.1 Å². The summed E-state index contributed by atoms with van der Waals surface area (Å²) in [7, 11) is 0. The predicted molar refractivity (Wildman–Crippen MR) is 104 cm³/mol. The Bertz CT molecular complexity index is 998. The van der Waals surface area contributed by atoms with Crippen molar-refractivity contribution in [2.75, 3.05) is 11.9 Å². The fourth-order valence-corrected chi connectivity index (χ4v) is 2.34. The largest absolute Gasteiger partial charge is 0.486 e. The quantitative estimate of drug-likeness (QED) is 0.569. The molecule has 0 aliphatic carbocycles. The highest BCUT2D eigenvalue weighted by molar-refractivity contribution is 6.04. The maximum atomic E-state index is 12.9. The highest BCUT2D eigenvalue weighted by atomic mass is 19.1. The van der Waals surface area contributed by atoms with Gasteiger partial charge in [-0.2, -0.15) is 0 Å². The lowest BCUT2D eigenvalue weighted by Crippen LogP contribution is -2.23. The molecular weight excluding hydrogens is 377 g/mol. The first-order valence-corrected chi connectivity index (χ1v) is 8.69. The van der Waals surface area contributed by atoms with Crippen molar-refractivity contribution in [2.24, 2.45) is 0 Å². The first kappa shape index (κ1) is 19.8. The molecule has 2 N–H and O–H groups in total. The molecule has 8 heteroatoms. The van der Waals surface area contributed by atoms with E-state index in [1.807, 2.05) is 0 Å². The van der Waals surface area contributed by atoms with Gasteiger partial charge in [0.15, 0.2) is 11.5 Å². The maximum Gasteiger partial charge on any atom is 0.273 e. The van der Waals surface area contributed by atoms with Gasteiger partial charge < -0.3 is 19.9 Å². The van der Waals surface area contributed by atoms with Gasteiger partial charge in [-0.3, -0.25) is 9.59 Å². The molecule has 0 fully saturated rings. The van der Waals surface area contributed by atoms with E-state index in [9.17, 15) is 14.0 Å². The molecule has 0 saturated heterocycles. The zero-order chi connectivity index (χ0) is 20.6. The lowest BCUT2D eigenvalue weighted by Gasteiger charge is -2.07. The molecule has 0 aliphatic rings. The number of halogens is 1. The topological polar surface area (TPSA) is 93.5 Å². The van der Waals surface area contributed by atoms with Crippen LogP contribution in [0.4, 0.5) is 10.1 Å². The molecule has 0 radical (unpaired) electrons. The second kappa shape index (κ2) is 9.32. The number of carbonyl (C=O) groups is 2. The molecule has 2 amide bonds. The minimum Gasteiger partial charge on any atom is -0.486 e. The number of nitrogens with one attached hydrogen (secondary N) is 2. The molecule has 1 heterocycles. The SMILES string of the molecule is C=CCNC(=O)c1cc(COc2ccc(NC(=O)c3ccc(F)cc3)cc2)on1. The third-order valence-corrected chi connectivity index (χ3v) is 3.80. The van der Waals surface area contributed by atoms with Gasteiger partial charge in [0.25, 0.3) is 11.8 Å². The van der Waals surface area contributed by atoms with Gasteiger partial charge in [-0.15, -0.1) is 6.58 Å². The highest BCUT2D eigenvalue weighted by Crippen LogP contribution is 2.18. The molecule has 0 unspecified atom stereocenters. The van der Waals surface area contributed by atoms with Crippen LogP contribution in [0.2, 0.25) is 0 Å². The van der Waals surface area contributed by atoms with E-state index >= 15 is 0 Å². The van der Waals surface area contributed by atoms with Crippen molar-refractivity contribution in [3.05, 3.63) is 90.1 Å². The van der Waals surface area contributed by atoms with Gasteiger partial charge in [0.05, 0.1) is 0 Å². The van der Waals surface area contributed by atoms with E-state index in [2.05, 4.69) is 22.4 Å². The van der Waals surface area contributed by atoms with Crippen LogP contribution in [0, 0.1) is 5.82 Å². The minimum atomic E-state index is -0.403. The highest BCUT2D eigenvalue weighted by Gasteiger charge is 2.12. The zero-order valence-electron chi connectivity index (χ0n) is 15.4. The van der Waals surface area contributed by atoms with Gasteiger partial charge in [0.1, 0.15) is 18.2 Å². The van der Waals surface area contributed by atoms with Crippen molar-refractivity contribution in [2.45, 2.75) is 6.61 Å². The Morgan fingerprint density at radius 1 is 1.10 bits per heavy atom. The van der Waals surface area contributed by atoms with Gasteiger partial charge in [-0.1, -0.05) is 11.2 Å². The molecule has 29 heavy (non-hydrogen) atoms. The molecule has 0 aliphatic heterocycles. The van der Waals surface area contributed by atoms with Crippen LogP contribution in [-0.2, 0) is 6.61 Å². The second-order valence-corrected chi connectivity index (χ2v) is 5.95. The number of benzene rings is 2. The Labute approximate surface area is 166 Å². The fraction of sp³-hybridized carbons (Fsp3) is 0.0952. The van der Waals surface area contributed by atoms with E-state index in [1.165, 1.54) is 30.3 Å². The van der Waals surface area contributed by atoms with Gasteiger partial charge in [0.2, 0.25) is 0 Å². The molecule has 1 aromatic heterocycles. The molecular formula is C21H18FN3O4. The van der Waals surface area contributed by atoms with E-state index in [1.54, 1.807) is 30.3 Å². The van der Waals surface area contributed by atoms with Crippen molar-refractivity contribution in [3.63, 3.8) is 0 Å². The van der Waals surface area contributed by atoms with Crippen molar-refractivity contribution in [3.8, 4) is 5.75 Å². The number of aromatic nitrogens is 1. The molecule has 0 bridgehead atoms. The van der Waals surface area contributed by atoms with E-state index in [0.717, 1.165) is 0 Å². The monoisotopic (exact) mass is 395 g/mol. The van der Waals surface area contributed by atoms with Crippen LogP contribution in [0.3, 0.4) is 0 Å². The summed E-state index contributed by atoms with van der Waals surface area (Å²) in [4.78, 5) is 23.9. The number of anilines is 1. The summed E-state index contributed by atoms with van der Waals surface area (Å²) in [6, 6.07) is 13.5. The number of rotatable bonds is 8. The molecule has 0 saturated carbocycles. The molecule has 3 aromatic rings. The predicted octanol–water partition coefficient (Wildman–Crippen LogP) is 3.56. The first-order valence-electron chi connectivity index (χ1n) is 8.69. The zero-order valence-corrected chi connectivity index (χ0v) is 15.4. The molecule has 0 atom stereocenters. The van der Waals surface area contributed by atoms with Crippen LogP contribution in [0.1, 0.15) is 26.6 Å². The summed E-state index contributed by atoms with van der Waals surface area (Å²) in [6.45, 7) is 3.94. The average Bonchev–Trinajstić information content (AvgIpc) is 3.21. The number of ether oxygens (including phenoxy) is 1. The number of hydrogen-bond acceptors (Lipinski definition) is 5. The Morgan fingerprint density at radius 2 is 1.83 bits per heavy atom. The van der Waals surface area contributed by atoms with Crippen molar-refractivity contribution in [1.82, 2.24) is 10.5 Å². The number of carbonyl (C=O) groups excluding carboxylic acids is 2. The normalized spacial score (nSPS) is 10.2. The summed E-state index contributed by atoms with van der Waals surface area (Å²) >= 11 is 0. The number of nitrogens with zero attached hydrogens (tertiary/aromatic N) is 1. The third-order valence-electron chi connectivity index (χ3n) is 3.80. The molecule has 7 nitrogen and oxygen atoms in total. The molecule has 2 aromatic carbocycles. The summed E-state index contributed by atoms with van der Waals surface area (Å²) in [6.07, 6.45) is 1.56. The smallest absolute Gasteiger partial charge is 0.273 e.